The van der Waals surface area contributed by atoms with Crippen LogP contribution in [-0.2, 0) is 20.7 Å². The molecule has 10 heteroatoms. The fraction of sp³-hybridized carbons (Fsp3) is 0.467. The Morgan fingerprint density at radius 1 is 1.20 bits per heavy atom. The van der Waals surface area contributed by atoms with Crippen molar-refractivity contribution >= 4 is 23.3 Å². The van der Waals surface area contributed by atoms with Crippen LogP contribution >= 0.6 is 0 Å². The van der Waals surface area contributed by atoms with E-state index in [-0.39, 0.29) is 29.8 Å². The van der Waals surface area contributed by atoms with Crippen LogP contribution in [0.4, 0.5) is 11.4 Å². The van der Waals surface area contributed by atoms with Gasteiger partial charge < -0.3 is 9.64 Å². The van der Waals surface area contributed by atoms with Gasteiger partial charge in [-0.15, -0.1) is 0 Å². The van der Waals surface area contributed by atoms with Crippen molar-refractivity contribution in [2.75, 3.05) is 20.2 Å². The van der Waals surface area contributed by atoms with E-state index in [2.05, 4.69) is 4.74 Å². The van der Waals surface area contributed by atoms with Crippen LogP contribution < -0.4 is 0 Å². The summed E-state index contributed by atoms with van der Waals surface area (Å²) in [7, 11) is 1.31. The predicted octanol–water partition coefficient (Wildman–Crippen LogP) is 1.46. The Labute approximate surface area is 142 Å². The van der Waals surface area contributed by atoms with Crippen LogP contribution in [0.25, 0.3) is 0 Å². The zero-order valence-corrected chi connectivity index (χ0v) is 13.5. The monoisotopic (exact) mass is 351 g/mol. The molecule has 0 bridgehead atoms. The maximum Gasteiger partial charge on any atom is 0.308 e. The Morgan fingerprint density at radius 2 is 1.84 bits per heavy atom. The van der Waals surface area contributed by atoms with Crippen LogP contribution in [0.15, 0.2) is 18.2 Å². The molecule has 0 aromatic heterocycles. The lowest BCUT2D eigenvalue weighted by Gasteiger charge is -2.30. The third-order valence-electron chi connectivity index (χ3n) is 4.20. The average molecular weight is 351 g/mol. The largest absolute Gasteiger partial charge is 0.469 e. The highest BCUT2D eigenvalue weighted by molar-refractivity contribution is 5.81. The summed E-state index contributed by atoms with van der Waals surface area (Å²) in [5.74, 6) is -0.874. The molecule has 1 aliphatic heterocycles. The van der Waals surface area contributed by atoms with Gasteiger partial charge in [-0.3, -0.25) is 29.8 Å². The molecule has 10 nitrogen and oxygen atoms in total. The van der Waals surface area contributed by atoms with Gasteiger partial charge in [-0.05, 0) is 18.9 Å². The number of carbonyl (C=O) groups excluding carboxylic acids is 2. The molecule has 1 heterocycles. The first-order valence-corrected chi connectivity index (χ1v) is 7.60. The van der Waals surface area contributed by atoms with Crippen molar-refractivity contribution in [1.29, 1.82) is 0 Å². The second kappa shape index (κ2) is 7.69. The third kappa shape index (κ3) is 4.28. The number of hydrogen-bond donors (Lipinski definition) is 0. The topological polar surface area (TPSA) is 133 Å². The van der Waals surface area contributed by atoms with Crippen LogP contribution in [-0.4, -0.2) is 46.8 Å². The lowest BCUT2D eigenvalue weighted by Crippen LogP contribution is -2.41. The first kappa shape index (κ1) is 18.3. The minimum Gasteiger partial charge on any atom is -0.469 e. The van der Waals surface area contributed by atoms with Crippen LogP contribution in [0.1, 0.15) is 18.4 Å². The van der Waals surface area contributed by atoms with Crippen molar-refractivity contribution in [3.63, 3.8) is 0 Å². The van der Waals surface area contributed by atoms with Crippen molar-refractivity contribution in [3.8, 4) is 0 Å². The Kier molecular flexibility index (Phi) is 5.63. The number of nitro groups is 2. The molecule has 0 aliphatic carbocycles. The normalized spacial score (nSPS) is 14.8. The van der Waals surface area contributed by atoms with E-state index in [0.717, 1.165) is 12.1 Å². The minimum absolute atomic E-state index is 0.121. The van der Waals surface area contributed by atoms with E-state index in [1.807, 2.05) is 0 Å². The number of methoxy groups -OCH3 is 1. The van der Waals surface area contributed by atoms with Gasteiger partial charge in [-0.2, -0.15) is 0 Å². The fourth-order valence-electron chi connectivity index (χ4n) is 2.79. The predicted molar refractivity (Wildman–Crippen MR) is 84.8 cm³/mol. The Morgan fingerprint density at radius 3 is 2.36 bits per heavy atom. The lowest BCUT2D eigenvalue weighted by atomic mass is 9.96. The summed E-state index contributed by atoms with van der Waals surface area (Å²) in [4.78, 5) is 45.8. The van der Waals surface area contributed by atoms with Crippen molar-refractivity contribution in [2.24, 2.45) is 5.92 Å². The number of carbonyl (C=O) groups is 2. The van der Waals surface area contributed by atoms with E-state index >= 15 is 0 Å². The number of esters is 1. The first-order valence-electron chi connectivity index (χ1n) is 7.60. The Bertz CT molecular complexity index is 711. The highest BCUT2D eigenvalue weighted by Gasteiger charge is 2.29. The molecule has 1 fully saturated rings. The molecule has 0 spiro atoms. The number of nitrogens with zero attached hydrogens (tertiary/aromatic N) is 3. The van der Waals surface area contributed by atoms with E-state index < -0.39 is 21.2 Å². The van der Waals surface area contributed by atoms with Crippen molar-refractivity contribution in [3.05, 3.63) is 44.0 Å². The summed E-state index contributed by atoms with van der Waals surface area (Å²) in [6.07, 6.45) is 0.721. The van der Waals surface area contributed by atoms with Gasteiger partial charge in [0.1, 0.15) is 0 Å². The zero-order chi connectivity index (χ0) is 18.6. The molecule has 1 aromatic carbocycles. The van der Waals surface area contributed by atoms with Crippen LogP contribution in [0, 0.1) is 26.1 Å². The van der Waals surface area contributed by atoms with Crippen LogP contribution in [0.2, 0.25) is 0 Å². The number of non-ortho nitro benzene ring substituents is 1. The summed E-state index contributed by atoms with van der Waals surface area (Å²) in [6, 6.07) is 3.22. The number of nitro benzene ring substituents is 2. The molecule has 0 unspecified atom stereocenters. The number of rotatable bonds is 5. The molecule has 0 radical (unpaired) electrons. The van der Waals surface area contributed by atoms with Crippen molar-refractivity contribution < 1.29 is 24.2 Å². The molecule has 25 heavy (non-hydrogen) atoms. The second-order valence-electron chi connectivity index (χ2n) is 5.68. The van der Waals surface area contributed by atoms with E-state index in [1.54, 1.807) is 0 Å². The van der Waals surface area contributed by atoms with Crippen molar-refractivity contribution in [1.82, 2.24) is 4.90 Å². The minimum atomic E-state index is -0.737. The number of amides is 1. The van der Waals surface area contributed by atoms with E-state index in [9.17, 15) is 29.8 Å². The van der Waals surface area contributed by atoms with E-state index in [0.29, 0.717) is 25.9 Å². The molecule has 1 saturated heterocycles. The number of likely N-dealkylation sites (tertiary alicyclic amines) is 1. The zero-order valence-electron chi connectivity index (χ0n) is 13.5. The SMILES string of the molecule is COC(=O)C1CCN(C(=O)Cc2ccc([N+](=O)[O-])cc2[N+](=O)[O-])CC1. The van der Waals surface area contributed by atoms with Gasteiger partial charge in [0.2, 0.25) is 5.91 Å². The Hall–Kier alpha value is -3.04. The highest BCUT2D eigenvalue weighted by atomic mass is 16.6. The molecule has 1 amide bonds. The summed E-state index contributed by atoms with van der Waals surface area (Å²) in [5.41, 5.74) is -0.732. The van der Waals surface area contributed by atoms with Gasteiger partial charge in [0.15, 0.2) is 0 Å². The summed E-state index contributed by atoms with van der Waals surface area (Å²) in [6.45, 7) is 0.721. The fourth-order valence-corrected chi connectivity index (χ4v) is 2.79. The van der Waals surface area contributed by atoms with Gasteiger partial charge >= 0.3 is 5.97 Å². The van der Waals surface area contributed by atoms with E-state index in [1.165, 1.54) is 18.1 Å². The average Bonchev–Trinajstić information content (AvgIpc) is 2.61. The molecule has 0 N–H and O–H groups in total. The molecule has 0 atom stereocenters. The quantitative estimate of drug-likeness (QED) is 0.445. The smallest absolute Gasteiger partial charge is 0.308 e. The molecule has 0 saturated carbocycles. The second-order valence-corrected chi connectivity index (χ2v) is 5.68. The number of piperidine rings is 1. The number of benzene rings is 1. The molecule has 1 aliphatic rings. The molecular weight excluding hydrogens is 334 g/mol. The standard InChI is InChI=1S/C15H17N3O7/c1-25-15(20)10-4-6-16(7-5-10)14(19)8-11-2-3-12(17(21)22)9-13(11)18(23)24/h2-3,9-10H,4-8H2,1H3. The summed E-state index contributed by atoms with van der Waals surface area (Å²) < 4.78 is 4.68. The first-order chi connectivity index (χ1) is 11.8. The van der Waals surface area contributed by atoms with Crippen LogP contribution in [0.5, 0.6) is 0 Å². The van der Waals surface area contributed by atoms with E-state index in [4.69, 9.17) is 0 Å². The highest BCUT2D eigenvalue weighted by Crippen LogP contribution is 2.26. The Balaban J connectivity index is 2.07. The molecule has 2 rings (SSSR count). The van der Waals surface area contributed by atoms with Crippen LogP contribution in [0.3, 0.4) is 0 Å². The lowest BCUT2D eigenvalue weighted by molar-refractivity contribution is -0.394. The van der Waals surface area contributed by atoms with Crippen molar-refractivity contribution in [2.45, 2.75) is 19.3 Å². The number of ether oxygens (including phenoxy) is 1. The molecule has 1 aromatic rings. The third-order valence-corrected chi connectivity index (χ3v) is 4.20. The number of hydrogen-bond acceptors (Lipinski definition) is 7. The molecule has 134 valence electrons. The summed E-state index contributed by atoms with van der Waals surface area (Å²) >= 11 is 0. The summed E-state index contributed by atoms with van der Waals surface area (Å²) in [5, 5.41) is 21.8. The van der Waals surface area contributed by atoms with Gasteiger partial charge in [0.05, 0.1) is 35.4 Å². The van der Waals surface area contributed by atoms with Gasteiger partial charge in [-0.1, -0.05) is 0 Å². The maximum absolute atomic E-state index is 12.4. The van der Waals surface area contributed by atoms with Gasteiger partial charge in [0.25, 0.3) is 11.4 Å². The maximum atomic E-state index is 12.4. The van der Waals surface area contributed by atoms with Gasteiger partial charge in [-0.25, -0.2) is 0 Å². The molecular formula is C15H17N3O7. The van der Waals surface area contributed by atoms with Gasteiger partial charge in [0, 0.05) is 24.7 Å².